The summed E-state index contributed by atoms with van der Waals surface area (Å²) in [7, 11) is 0. The number of piperidine rings is 1. The Morgan fingerprint density at radius 2 is 1.96 bits per heavy atom. The van der Waals surface area contributed by atoms with Gasteiger partial charge in [0.15, 0.2) is 11.5 Å². The summed E-state index contributed by atoms with van der Waals surface area (Å²) in [6.45, 7) is 2.63. The smallest absolute Gasteiger partial charge is 0.183 e. The molecule has 4 heterocycles. The third-order valence-corrected chi connectivity index (χ3v) is 5.06. The number of hydrogen-bond acceptors (Lipinski definition) is 6. The van der Waals surface area contributed by atoms with Crippen LogP contribution in [-0.2, 0) is 0 Å². The second kappa shape index (κ2) is 7.51. The van der Waals surface area contributed by atoms with Crippen molar-refractivity contribution in [1.29, 1.82) is 5.26 Å². The molecule has 0 saturated carbocycles. The Bertz CT molecular complexity index is 863. The Morgan fingerprint density at radius 1 is 1.04 bits per heavy atom. The van der Waals surface area contributed by atoms with Crippen LogP contribution in [0, 0.1) is 23.2 Å². The van der Waals surface area contributed by atoms with Gasteiger partial charge in [-0.1, -0.05) is 12.0 Å². The molecule has 2 aliphatic rings. The molecule has 0 radical (unpaired) electrons. The molecule has 0 aliphatic carbocycles. The van der Waals surface area contributed by atoms with Gasteiger partial charge in [-0.25, -0.2) is 15.0 Å². The summed E-state index contributed by atoms with van der Waals surface area (Å²) in [5.74, 6) is 7.36. The third kappa shape index (κ3) is 3.37. The van der Waals surface area contributed by atoms with Gasteiger partial charge in [-0.3, -0.25) is 4.90 Å². The first-order chi connectivity index (χ1) is 12.8. The Kier molecular flexibility index (Phi) is 4.77. The largest absolute Gasteiger partial charge is 0.351 e. The molecular formula is C20H20N6. The molecule has 2 saturated heterocycles. The molecule has 2 aromatic rings. The second-order valence-corrected chi connectivity index (χ2v) is 6.61. The van der Waals surface area contributed by atoms with Gasteiger partial charge in [0.2, 0.25) is 0 Å². The van der Waals surface area contributed by atoms with Crippen LogP contribution < -0.4 is 4.90 Å². The summed E-state index contributed by atoms with van der Waals surface area (Å²) in [5, 5.41) is 9.29. The molecule has 0 unspecified atom stereocenters. The minimum absolute atomic E-state index is 0.273. The number of anilines is 1. The van der Waals surface area contributed by atoms with Crippen molar-refractivity contribution in [3.8, 4) is 17.9 Å². The fourth-order valence-corrected chi connectivity index (χ4v) is 3.83. The number of nitriles is 1. The van der Waals surface area contributed by atoms with E-state index in [0.717, 1.165) is 38.2 Å². The van der Waals surface area contributed by atoms with Gasteiger partial charge in [0.1, 0.15) is 11.8 Å². The lowest BCUT2D eigenvalue weighted by atomic mass is 9.93. The van der Waals surface area contributed by atoms with Crippen molar-refractivity contribution in [3.05, 3.63) is 48.2 Å². The lowest BCUT2D eigenvalue weighted by molar-refractivity contribution is 0.100. The number of piperazine rings is 1. The molecular weight excluding hydrogens is 324 g/mol. The Morgan fingerprint density at radius 3 is 2.81 bits per heavy atom. The summed E-state index contributed by atoms with van der Waals surface area (Å²) in [6, 6.07) is 8.68. The highest BCUT2D eigenvalue weighted by Gasteiger charge is 2.35. The van der Waals surface area contributed by atoms with Crippen molar-refractivity contribution in [1.82, 2.24) is 19.9 Å². The minimum Gasteiger partial charge on any atom is -0.351 e. The van der Waals surface area contributed by atoms with Crippen molar-refractivity contribution < 1.29 is 0 Å². The van der Waals surface area contributed by atoms with Crippen LogP contribution in [0.1, 0.15) is 30.7 Å². The number of aromatic nitrogens is 3. The van der Waals surface area contributed by atoms with E-state index < -0.39 is 0 Å². The zero-order valence-electron chi connectivity index (χ0n) is 14.5. The maximum absolute atomic E-state index is 9.29. The summed E-state index contributed by atoms with van der Waals surface area (Å²) >= 11 is 0. The van der Waals surface area contributed by atoms with Crippen LogP contribution >= 0.6 is 0 Å². The van der Waals surface area contributed by atoms with E-state index in [9.17, 15) is 5.26 Å². The number of rotatable bonds is 1. The predicted molar refractivity (Wildman–Crippen MR) is 98.2 cm³/mol. The molecule has 6 nitrogen and oxygen atoms in total. The van der Waals surface area contributed by atoms with Crippen LogP contribution in [-0.4, -0.2) is 51.6 Å². The van der Waals surface area contributed by atoms with E-state index in [2.05, 4.69) is 42.7 Å². The molecule has 2 atom stereocenters. The van der Waals surface area contributed by atoms with Crippen molar-refractivity contribution in [2.24, 2.45) is 0 Å². The Balaban J connectivity index is 1.49. The van der Waals surface area contributed by atoms with Gasteiger partial charge in [0, 0.05) is 44.3 Å². The molecule has 4 rings (SSSR count). The fraction of sp³-hybridized carbons (Fsp3) is 0.400. The van der Waals surface area contributed by atoms with Crippen molar-refractivity contribution in [2.75, 3.05) is 24.5 Å². The summed E-state index contributed by atoms with van der Waals surface area (Å²) in [5.41, 5.74) is 1.23. The fourth-order valence-electron chi connectivity index (χ4n) is 3.83. The van der Waals surface area contributed by atoms with Gasteiger partial charge in [-0.2, -0.15) is 5.26 Å². The molecule has 0 amide bonds. The minimum atomic E-state index is 0.273. The van der Waals surface area contributed by atoms with Gasteiger partial charge in [-0.15, -0.1) is 0 Å². The SMILES string of the molecule is N#Cc1nccnc1N1CCN2[C@@H](CCC[C@@H]2C#Cc2ccccn2)C1. The lowest BCUT2D eigenvalue weighted by Crippen LogP contribution is -2.58. The van der Waals surface area contributed by atoms with Gasteiger partial charge < -0.3 is 4.90 Å². The van der Waals surface area contributed by atoms with E-state index in [1.807, 2.05) is 18.2 Å². The maximum atomic E-state index is 9.29. The summed E-state index contributed by atoms with van der Waals surface area (Å²) in [4.78, 5) is 17.5. The number of pyridine rings is 1. The second-order valence-electron chi connectivity index (χ2n) is 6.61. The molecule has 2 fully saturated rings. The topological polar surface area (TPSA) is 68.9 Å². The third-order valence-electron chi connectivity index (χ3n) is 5.06. The van der Waals surface area contributed by atoms with Crippen molar-refractivity contribution in [2.45, 2.75) is 31.3 Å². The molecule has 0 bridgehead atoms. The highest BCUT2D eigenvalue weighted by Crippen LogP contribution is 2.28. The first-order valence-electron chi connectivity index (χ1n) is 8.99. The first kappa shape index (κ1) is 16.5. The Hall–Kier alpha value is -2.96. The number of hydrogen-bond donors (Lipinski definition) is 0. The average molecular weight is 344 g/mol. The molecule has 2 aromatic heterocycles. The molecule has 0 spiro atoms. The maximum Gasteiger partial charge on any atom is 0.183 e. The predicted octanol–water partition coefficient (Wildman–Crippen LogP) is 1.84. The zero-order chi connectivity index (χ0) is 17.8. The van der Waals surface area contributed by atoms with Crippen LogP contribution in [0.4, 0.5) is 5.82 Å². The van der Waals surface area contributed by atoms with Crippen LogP contribution in [0.25, 0.3) is 0 Å². The van der Waals surface area contributed by atoms with Gasteiger partial charge >= 0.3 is 0 Å². The molecule has 26 heavy (non-hydrogen) atoms. The first-order valence-corrected chi connectivity index (χ1v) is 8.99. The van der Waals surface area contributed by atoms with Crippen molar-refractivity contribution in [3.63, 3.8) is 0 Å². The summed E-state index contributed by atoms with van der Waals surface area (Å²) in [6.07, 6.45) is 8.43. The zero-order valence-corrected chi connectivity index (χ0v) is 14.5. The van der Waals surface area contributed by atoms with E-state index in [-0.39, 0.29) is 6.04 Å². The highest BCUT2D eigenvalue weighted by atomic mass is 15.3. The number of fused-ring (bicyclic) bond motifs is 1. The average Bonchev–Trinajstić information content (AvgIpc) is 2.72. The van der Waals surface area contributed by atoms with Crippen LogP contribution in [0.2, 0.25) is 0 Å². The number of nitrogens with zero attached hydrogens (tertiary/aromatic N) is 6. The molecule has 0 N–H and O–H groups in total. The quantitative estimate of drug-likeness (QED) is 0.735. The van der Waals surface area contributed by atoms with Gasteiger partial charge in [-0.05, 0) is 37.3 Å². The van der Waals surface area contributed by atoms with E-state index >= 15 is 0 Å². The molecule has 6 heteroatoms. The summed E-state index contributed by atoms with van der Waals surface area (Å²) < 4.78 is 0. The van der Waals surface area contributed by atoms with E-state index in [0.29, 0.717) is 17.6 Å². The molecule has 130 valence electrons. The standard InChI is InChI=1S/C20H20N6/c21-14-19-20(24-11-10-23-19)25-12-13-26-17(5-3-6-18(26)15-25)8-7-16-4-1-2-9-22-16/h1-2,4,9-11,17-18H,3,5-6,12-13,15H2/t17-,18+/m1/s1. The van der Waals surface area contributed by atoms with Crippen LogP contribution in [0.3, 0.4) is 0 Å². The van der Waals surface area contributed by atoms with Gasteiger partial charge in [0.05, 0.1) is 6.04 Å². The van der Waals surface area contributed by atoms with E-state index in [4.69, 9.17) is 0 Å². The highest BCUT2D eigenvalue weighted by molar-refractivity contribution is 5.50. The van der Waals surface area contributed by atoms with Crippen LogP contribution in [0.5, 0.6) is 0 Å². The molecule has 2 aliphatic heterocycles. The van der Waals surface area contributed by atoms with Crippen LogP contribution in [0.15, 0.2) is 36.8 Å². The monoisotopic (exact) mass is 344 g/mol. The molecule has 0 aromatic carbocycles. The van der Waals surface area contributed by atoms with Crippen molar-refractivity contribution >= 4 is 5.82 Å². The van der Waals surface area contributed by atoms with Gasteiger partial charge in [0.25, 0.3) is 0 Å². The normalized spacial score (nSPS) is 22.7. The Labute approximate surface area is 153 Å². The lowest BCUT2D eigenvalue weighted by Gasteiger charge is -2.47. The van der Waals surface area contributed by atoms with E-state index in [1.165, 1.54) is 6.42 Å². The van der Waals surface area contributed by atoms with E-state index in [1.54, 1.807) is 18.6 Å².